The normalized spacial score (nSPS) is 17.0. The number of fused-ring (bicyclic) bond motifs is 1. The predicted molar refractivity (Wildman–Crippen MR) is 130 cm³/mol. The van der Waals surface area contributed by atoms with Crippen molar-refractivity contribution in [2.45, 2.75) is 0 Å². The highest BCUT2D eigenvalue weighted by atomic mass is 35.5. The molecular formula is C22H11Cl3N4O2S. The lowest BCUT2D eigenvalue weighted by Crippen LogP contribution is -2.35. The number of nitrogens with zero attached hydrogens (tertiary/aromatic N) is 3. The largest absolute Gasteiger partial charge is 0.457 e. The van der Waals surface area contributed by atoms with E-state index in [1.165, 1.54) is 22.8 Å². The molecule has 0 spiro atoms. The molecule has 2 aliphatic heterocycles. The van der Waals surface area contributed by atoms with Crippen LogP contribution in [0.3, 0.4) is 0 Å². The van der Waals surface area contributed by atoms with Crippen molar-refractivity contribution in [1.82, 2.24) is 5.01 Å². The van der Waals surface area contributed by atoms with E-state index in [9.17, 15) is 4.79 Å². The lowest BCUT2D eigenvalue weighted by atomic mass is 10.1. The van der Waals surface area contributed by atoms with Crippen LogP contribution in [0.2, 0.25) is 15.1 Å². The van der Waals surface area contributed by atoms with Crippen molar-refractivity contribution in [3.63, 3.8) is 0 Å². The van der Waals surface area contributed by atoms with Gasteiger partial charge in [-0.2, -0.15) is 15.1 Å². The Labute approximate surface area is 201 Å². The fraction of sp³-hybridized carbons (Fsp3) is 0. The summed E-state index contributed by atoms with van der Waals surface area (Å²) in [6.45, 7) is 0. The quantitative estimate of drug-likeness (QED) is 0.411. The summed E-state index contributed by atoms with van der Waals surface area (Å²) in [5, 5.41) is 16.6. The van der Waals surface area contributed by atoms with Crippen molar-refractivity contribution in [3.8, 4) is 11.3 Å². The van der Waals surface area contributed by atoms with Crippen molar-refractivity contribution >= 4 is 74.6 Å². The number of hydrogen-bond acceptors (Lipinski definition) is 5. The Morgan fingerprint density at radius 3 is 2.59 bits per heavy atom. The van der Waals surface area contributed by atoms with Gasteiger partial charge in [0.25, 0.3) is 5.91 Å². The average Bonchev–Trinajstić information content (AvgIpc) is 3.39. The standard InChI is InChI=1S/C22H11Cl3N4O2S/c23-11-5-7-13(17(25)9-11)18-8-6-12(31-18)10-15-19(26)29-22(27-20(15)30)32-21(28-29)14-3-1-2-4-16(14)24/h1-10,26H/b15-10-,26-19?. The van der Waals surface area contributed by atoms with E-state index in [0.29, 0.717) is 47.9 Å². The zero-order valence-corrected chi connectivity index (χ0v) is 19.1. The molecule has 2 aromatic carbocycles. The van der Waals surface area contributed by atoms with E-state index in [2.05, 4.69) is 10.1 Å². The number of nitrogens with one attached hydrogen (secondary N) is 1. The Balaban J connectivity index is 1.46. The molecular weight excluding hydrogens is 491 g/mol. The summed E-state index contributed by atoms with van der Waals surface area (Å²) in [7, 11) is 0. The first-order valence-electron chi connectivity index (χ1n) is 9.21. The maximum atomic E-state index is 12.6. The smallest absolute Gasteiger partial charge is 0.283 e. The first-order valence-corrected chi connectivity index (χ1v) is 11.2. The molecule has 1 N–H and O–H groups in total. The van der Waals surface area contributed by atoms with Crippen LogP contribution >= 0.6 is 46.6 Å². The van der Waals surface area contributed by atoms with E-state index in [0.717, 1.165) is 0 Å². The molecule has 0 bridgehead atoms. The van der Waals surface area contributed by atoms with E-state index >= 15 is 0 Å². The Morgan fingerprint density at radius 2 is 1.81 bits per heavy atom. The van der Waals surface area contributed by atoms with Gasteiger partial charge >= 0.3 is 0 Å². The second-order valence-electron chi connectivity index (χ2n) is 6.73. The summed E-state index contributed by atoms with van der Waals surface area (Å²) in [5.41, 5.74) is 1.43. The van der Waals surface area contributed by atoms with Crippen LogP contribution in [0.1, 0.15) is 11.3 Å². The minimum atomic E-state index is -0.549. The number of furan rings is 1. The molecule has 5 rings (SSSR count). The number of carbonyl (C=O) groups is 1. The molecule has 6 nitrogen and oxygen atoms in total. The van der Waals surface area contributed by atoms with Crippen LogP contribution in [0, 0.1) is 5.41 Å². The van der Waals surface area contributed by atoms with Gasteiger partial charge < -0.3 is 4.42 Å². The molecule has 3 aromatic rings. The Morgan fingerprint density at radius 1 is 1.00 bits per heavy atom. The van der Waals surface area contributed by atoms with Gasteiger partial charge in [-0.15, -0.1) is 0 Å². The molecule has 0 unspecified atom stereocenters. The third kappa shape index (κ3) is 3.78. The molecule has 0 saturated heterocycles. The molecule has 0 aliphatic carbocycles. The highest BCUT2D eigenvalue weighted by Crippen LogP contribution is 2.34. The third-order valence-corrected chi connectivity index (χ3v) is 6.49. The van der Waals surface area contributed by atoms with Crippen LogP contribution in [0.15, 0.2) is 74.7 Å². The number of hydrazone groups is 1. The van der Waals surface area contributed by atoms with Crippen molar-refractivity contribution < 1.29 is 9.21 Å². The van der Waals surface area contributed by atoms with E-state index < -0.39 is 5.91 Å². The van der Waals surface area contributed by atoms with E-state index in [1.54, 1.807) is 36.4 Å². The molecule has 1 amide bonds. The maximum absolute atomic E-state index is 12.6. The van der Waals surface area contributed by atoms with Gasteiger partial charge in [-0.05, 0) is 54.2 Å². The van der Waals surface area contributed by atoms with E-state index in [1.807, 2.05) is 18.2 Å². The summed E-state index contributed by atoms with van der Waals surface area (Å²) in [6.07, 6.45) is 1.46. The minimum absolute atomic E-state index is 0.0570. The van der Waals surface area contributed by atoms with E-state index in [4.69, 9.17) is 44.6 Å². The summed E-state index contributed by atoms with van der Waals surface area (Å²) in [5.74, 6) is 0.233. The van der Waals surface area contributed by atoms with Crippen molar-refractivity contribution in [2.24, 2.45) is 10.1 Å². The molecule has 0 saturated carbocycles. The van der Waals surface area contributed by atoms with Crippen LogP contribution in [-0.4, -0.2) is 27.0 Å². The van der Waals surface area contributed by atoms with Gasteiger partial charge in [-0.1, -0.05) is 53.0 Å². The van der Waals surface area contributed by atoms with Gasteiger partial charge in [0.2, 0.25) is 5.17 Å². The molecule has 158 valence electrons. The predicted octanol–water partition coefficient (Wildman–Crippen LogP) is 6.57. The zero-order chi connectivity index (χ0) is 22.4. The van der Waals surface area contributed by atoms with Crippen LogP contribution in [0.5, 0.6) is 0 Å². The first kappa shape index (κ1) is 21.0. The van der Waals surface area contributed by atoms with E-state index in [-0.39, 0.29) is 11.4 Å². The monoisotopic (exact) mass is 500 g/mol. The van der Waals surface area contributed by atoms with Crippen molar-refractivity contribution in [2.75, 3.05) is 0 Å². The highest BCUT2D eigenvalue weighted by molar-refractivity contribution is 8.27. The van der Waals surface area contributed by atoms with Crippen LogP contribution in [0.4, 0.5) is 0 Å². The summed E-state index contributed by atoms with van der Waals surface area (Å²) >= 11 is 19.6. The molecule has 10 heteroatoms. The Hall–Kier alpha value is -2.84. The SMILES string of the molecule is N=C1/C(=C/c2ccc(-c3ccc(Cl)cc3Cl)o2)C(=O)N=C2SC(c3ccccc3Cl)=NN12. The van der Waals surface area contributed by atoms with Gasteiger partial charge in [0.15, 0.2) is 5.84 Å². The topological polar surface area (TPSA) is 82.0 Å². The maximum Gasteiger partial charge on any atom is 0.283 e. The average molecular weight is 502 g/mol. The number of aliphatic imine (C=N–C) groups is 1. The zero-order valence-electron chi connectivity index (χ0n) is 16.0. The number of amides is 1. The summed E-state index contributed by atoms with van der Waals surface area (Å²) in [4.78, 5) is 16.7. The summed E-state index contributed by atoms with van der Waals surface area (Å²) < 4.78 is 5.83. The fourth-order valence-electron chi connectivity index (χ4n) is 3.14. The Kier molecular flexibility index (Phi) is 5.43. The molecule has 3 heterocycles. The van der Waals surface area contributed by atoms with Gasteiger partial charge in [-0.3, -0.25) is 10.2 Å². The number of carbonyl (C=O) groups excluding carboxylic acids is 1. The molecule has 2 aliphatic rings. The molecule has 0 fully saturated rings. The third-order valence-electron chi connectivity index (χ3n) is 4.67. The minimum Gasteiger partial charge on any atom is -0.457 e. The number of benzene rings is 2. The van der Waals surface area contributed by atoms with Gasteiger partial charge in [0, 0.05) is 16.1 Å². The number of thioether (sulfide) groups is 1. The summed E-state index contributed by atoms with van der Waals surface area (Å²) in [6, 6.07) is 15.7. The van der Waals surface area contributed by atoms with Crippen molar-refractivity contribution in [3.05, 3.63) is 86.6 Å². The second kappa shape index (κ2) is 8.26. The Bertz CT molecular complexity index is 1390. The number of rotatable bonds is 3. The lowest BCUT2D eigenvalue weighted by Gasteiger charge is -2.19. The molecule has 0 radical (unpaired) electrons. The molecule has 32 heavy (non-hydrogen) atoms. The highest BCUT2D eigenvalue weighted by Gasteiger charge is 2.36. The second-order valence-corrected chi connectivity index (χ2v) is 8.94. The van der Waals surface area contributed by atoms with Gasteiger partial charge in [-0.25, -0.2) is 0 Å². The molecule has 1 aromatic heterocycles. The molecule has 0 atom stereocenters. The first-order chi connectivity index (χ1) is 15.4. The number of amidine groups is 2. The van der Waals surface area contributed by atoms with Crippen LogP contribution in [-0.2, 0) is 4.79 Å². The van der Waals surface area contributed by atoms with Gasteiger partial charge in [0.05, 0.1) is 15.6 Å². The lowest BCUT2D eigenvalue weighted by molar-refractivity contribution is -0.114. The van der Waals surface area contributed by atoms with Crippen LogP contribution in [0.25, 0.3) is 17.4 Å². The number of hydrogen-bond donors (Lipinski definition) is 1. The van der Waals surface area contributed by atoms with Crippen molar-refractivity contribution in [1.29, 1.82) is 5.41 Å². The van der Waals surface area contributed by atoms with Crippen LogP contribution < -0.4 is 0 Å². The fourth-order valence-corrected chi connectivity index (χ4v) is 4.86. The van der Waals surface area contributed by atoms with Gasteiger partial charge in [0.1, 0.15) is 16.6 Å². The number of halogens is 3.